The summed E-state index contributed by atoms with van der Waals surface area (Å²) >= 11 is 0. The van der Waals surface area contributed by atoms with Gasteiger partial charge in [-0.25, -0.2) is 0 Å². The summed E-state index contributed by atoms with van der Waals surface area (Å²) in [6.45, 7) is 13.6. The van der Waals surface area contributed by atoms with Crippen LogP contribution in [0.2, 0.25) is 0 Å². The van der Waals surface area contributed by atoms with Crippen LogP contribution in [0.25, 0.3) is 0 Å². The van der Waals surface area contributed by atoms with Gasteiger partial charge in [0.2, 0.25) is 0 Å². The molecule has 0 aliphatic carbocycles. The van der Waals surface area contributed by atoms with Gasteiger partial charge >= 0.3 is 0 Å². The molecule has 0 spiro atoms. The van der Waals surface area contributed by atoms with Crippen molar-refractivity contribution >= 4 is 11.6 Å². The monoisotopic (exact) mass is 349 g/mol. The lowest BCUT2D eigenvalue weighted by Crippen LogP contribution is -2.43. The van der Waals surface area contributed by atoms with Crippen LogP contribution in [0.5, 0.6) is 5.75 Å². The van der Waals surface area contributed by atoms with E-state index in [1.807, 2.05) is 32.0 Å². The summed E-state index contributed by atoms with van der Waals surface area (Å²) in [5.41, 5.74) is 1.01. The second kappa shape index (κ2) is 10.4. The van der Waals surface area contributed by atoms with E-state index in [9.17, 15) is 4.79 Å². The first kappa shape index (κ1) is 21.5. The highest BCUT2D eigenvalue weighted by Gasteiger charge is 2.33. The van der Waals surface area contributed by atoms with Gasteiger partial charge in [0, 0.05) is 12.3 Å². The van der Waals surface area contributed by atoms with Crippen LogP contribution >= 0.6 is 0 Å². The van der Waals surface area contributed by atoms with Gasteiger partial charge in [-0.1, -0.05) is 40.5 Å². The first-order valence-corrected chi connectivity index (χ1v) is 9.51. The van der Waals surface area contributed by atoms with E-state index >= 15 is 0 Å². The fraction of sp³-hybridized carbons (Fsp3) is 0.667. The van der Waals surface area contributed by atoms with Crippen LogP contribution in [0, 0.1) is 12.8 Å². The largest absolute Gasteiger partial charge is 0.493 e. The van der Waals surface area contributed by atoms with E-state index in [4.69, 9.17) is 9.47 Å². The number of ether oxygens (including phenoxy) is 2. The third-order valence-electron chi connectivity index (χ3n) is 4.12. The predicted molar refractivity (Wildman–Crippen MR) is 104 cm³/mol. The highest BCUT2D eigenvalue weighted by molar-refractivity contribution is 5.97. The Bertz CT molecular complexity index is 532. The summed E-state index contributed by atoms with van der Waals surface area (Å²) in [4.78, 5) is 12.8. The molecule has 0 bridgehead atoms. The molecule has 1 N–H and O–H groups in total. The van der Waals surface area contributed by atoms with Gasteiger partial charge in [0.1, 0.15) is 11.4 Å². The Kier molecular flexibility index (Phi) is 8.98. The van der Waals surface area contributed by atoms with Crippen molar-refractivity contribution in [3.63, 3.8) is 0 Å². The molecule has 0 aromatic heterocycles. The number of hydrogen-bond acceptors (Lipinski definition) is 3. The molecule has 4 nitrogen and oxygen atoms in total. The maximum Gasteiger partial charge on any atom is 0.256 e. The van der Waals surface area contributed by atoms with Crippen molar-refractivity contribution in [3.8, 4) is 5.75 Å². The van der Waals surface area contributed by atoms with Crippen molar-refractivity contribution in [2.45, 2.75) is 72.8 Å². The summed E-state index contributed by atoms with van der Waals surface area (Å²) in [7, 11) is 0. The van der Waals surface area contributed by atoms with Gasteiger partial charge in [-0.05, 0) is 56.4 Å². The number of rotatable bonds is 11. The smallest absolute Gasteiger partial charge is 0.256 e. The Labute approximate surface area is 153 Å². The van der Waals surface area contributed by atoms with Gasteiger partial charge in [0.25, 0.3) is 5.91 Å². The predicted octanol–water partition coefficient (Wildman–Crippen LogP) is 5.34. The van der Waals surface area contributed by atoms with Gasteiger partial charge in [-0.15, -0.1) is 0 Å². The molecular weight excluding hydrogens is 314 g/mol. The molecule has 1 aromatic carbocycles. The lowest BCUT2D eigenvalue weighted by Gasteiger charge is -2.28. The molecule has 4 heteroatoms. The Morgan fingerprint density at radius 3 is 2.52 bits per heavy atom. The number of unbranched alkanes of at least 4 members (excludes halogenated alkanes) is 1. The Morgan fingerprint density at radius 2 is 1.96 bits per heavy atom. The number of carbonyl (C=O) groups excluding carboxylic acids is 1. The van der Waals surface area contributed by atoms with E-state index in [-0.39, 0.29) is 5.91 Å². The van der Waals surface area contributed by atoms with Gasteiger partial charge in [-0.3, -0.25) is 4.79 Å². The van der Waals surface area contributed by atoms with Crippen LogP contribution in [0.15, 0.2) is 18.2 Å². The van der Waals surface area contributed by atoms with Gasteiger partial charge in [0.05, 0.1) is 6.61 Å². The lowest BCUT2D eigenvalue weighted by atomic mass is 9.97. The third-order valence-corrected chi connectivity index (χ3v) is 4.12. The minimum Gasteiger partial charge on any atom is -0.493 e. The minimum atomic E-state index is -0.785. The van der Waals surface area contributed by atoms with Crippen LogP contribution in [0.1, 0.15) is 65.9 Å². The molecule has 0 saturated heterocycles. The standard InChI is InChI=1S/C21H35NO3/c1-7-9-12-21(6,25-13-8-2)20(23)22-18-10-11-19(17(5)14-18)24-15-16(3)4/h10-11,14,16H,7-9,12-13,15H2,1-6H3,(H,22,23)/t21-/m0/s1. The van der Waals surface area contributed by atoms with E-state index in [0.717, 1.165) is 42.7 Å². The van der Waals surface area contributed by atoms with Crippen molar-refractivity contribution in [2.24, 2.45) is 5.92 Å². The van der Waals surface area contributed by atoms with Crippen LogP contribution < -0.4 is 10.1 Å². The number of anilines is 1. The molecule has 142 valence electrons. The summed E-state index contributed by atoms with van der Waals surface area (Å²) in [5.74, 6) is 1.26. The van der Waals surface area contributed by atoms with Crippen molar-refractivity contribution < 1.29 is 14.3 Å². The molecular formula is C21H35NO3. The van der Waals surface area contributed by atoms with E-state index in [1.54, 1.807) is 0 Å². The topological polar surface area (TPSA) is 47.6 Å². The summed E-state index contributed by atoms with van der Waals surface area (Å²) in [6, 6.07) is 5.76. The highest BCUT2D eigenvalue weighted by Crippen LogP contribution is 2.25. The third kappa shape index (κ3) is 7.07. The second-order valence-corrected chi connectivity index (χ2v) is 7.32. The average molecular weight is 350 g/mol. The molecule has 0 aliphatic rings. The van der Waals surface area contributed by atoms with Crippen molar-refractivity contribution in [1.29, 1.82) is 0 Å². The molecule has 0 heterocycles. The summed E-state index contributed by atoms with van der Waals surface area (Å²) < 4.78 is 11.7. The molecule has 0 saturated carbocycles. The van der Waals surface area contributed by atoms with Crippen LogP contribution in [0.3, 0.4) is 0 Å². The summed E-state index contributed by atoms with van der Waals surface area (Å²) in [5, 5.41) is 3.01. The highest BCUT2D eigenvalue weighted by atomic mass is 16.5. The molecule has 25 heavy (non-hydrogen) atoms. The van der Waals surface area contributed by atoms with Crippen molar-refractivity contribution in [3.05, 3.63) is 23.8 Å². The molecule has 0 aliphatic heterocycles. The SMILES string of the molecule is CCCC[C@](C)(OCCC)C(=O)Nc1ccc(OCC(C)C)c(C)c1. The van der Waals surface area contributed by atoms with Gasteiger partial charge in [0.15, 0.2) is 0 Å². The Balaban J connectivity index is 2.80. The Hall–Kier alpha value is -1.55. The van der Waals surface area contributed by atoms with E-state index in [1.165, 1.54) is 0 Å². The number of aryl methyl sites for hydroxylation is 1. The number of benzene rings is 1. The zero-order chi connectivity index (χ0) is 18.9. The van der Waals surface area contributed by atoms with Crippen LogP contribution in [0.4, 0.5) is 5.69 Å². The van der Waals surface area contributed by atoms with E-state index < -0.39 is 5.60 Å². The van der Waals surface area contributed by atoms with Crippen molar-refractivity contribution in [2.75, 3.05) is 18.5 Å². The molecule has 0 radical (unpaired) electrons. The second-order valence-electron chi connectivity index (χ2n) is 7.32. The number of hydrogen-bond donors (Lipinski definition) is 1. The molecule has 0 unspecified atom stereocenters. The minimum absolute atomic E-state index is 0.0790. The summed E-state index contributed by atoms with van der Waals surface area (Å²) in [6.07, 6.45) is 3.63. The first-order valence-electron chi connectivity index (χ1n) is 9.51. The zero-order valence-corrected chi connectivity index (χ0v) is 16.8. The molecule has 1 atom stereocenters. The first-order chi connectivity index (χ1) is 11.8. The van der Waals surface area contributed by atoms with Crippen LogP contribution in [-0.2, 0) is 9.53 Å². The van der Waals surface area contributed by atoms with Crippen molar-refractivity contribution in [1.82, 2.24) is 0 Å². The molecule has 1 amide bonds. The number of carbonyl (C=O) groups is 1. The fourth-order valence-electron chi connectivity index (χ4n) is 2.50. The fourth-order valence-corrected chi connectivity index (χ4v) is 2.50. The van der Waals surface area contributed by atoms with E-state index in [0.29, 0.717) is 19.1 Å². The molecule has 1 aromatic rings. The zero-order valence-electron chi connectivity index (χ0n) is 16.8. The quantitative estimate of drug-likeness (QED) is 0.586. The molecule has 1 rings (SSSR count). The Morgan fingerprint density at radius 1 is 1.24 bits per heavy atom. The maximum atomic E-state index is 12.8. The molecule has 0 fully saturated rings. The van der Waals surface area contributed by atoms with Gasteiger partial charge in [-0.2, -0.15) is 0 Å². The lowest BCUT2D eigenvalue weighted by molar-refractivity contribution is -0.140. The van der Waals surface area contributed by atoms with Crippen LogP contribution in [-0.4, -0.2) is 24.7 Å². The maximum absolute atomic E-state index is 12.8. The normalized spacial score (nSPS) is 13.6. The van der Waals surface area contributed by atoms with Gasteiger partial charge < -0.3 is 14.8 Å². The number of nitrogens with one attached hydrogen (secondary N) is 1. The average Bonchev–Trinajstić information content (AvgIpc) is 2.57. The number of amides is 1. The van der Waals surface area contributed by atoms with E-state index in [2.05, 4.69) is 33.0 Å².